The first-order valence-corrected chi connectivity index (χ1v) is 9.22. The van der Waals surface area contributed by atoms with Crippen molar-refractivity contribution in [2.45, 2.75) is 60.8 Å². The van der Waals surface area contributed by atoms with Crippen LogP contribution in [0.15, 0.2) is 35.8 Å². The lowest BCUT2D eigenvalue weighted by Gasteiger charge is -2.25. The van der Waals surface area contributed by atoms with Crippen molar-refractivity contribution in [1.82, 2.24) is 0 Å². The topological polar surface area (TPSA) is 0 Å². The molecule has 1 fully saturated rings. The number of aryl methyl sites for hydroxylation is 6. The summed E-state index contributed by atoms with van der Waals surface area (Å²) in [6, 6.07) is 9.36. The van der Waals surface area contributed by atoms with Gasteiger partial charge in [0, 0.05) is 0 Å². The van der Waals surface area contributed by atoms with Crippen LogP contribution >= 0.6 is 0 Å². The van der Waals surface area contributed by atoms with E-state index in [0.717, 1.165) is 0 Å². The number of benzene rings is 2. The molecule has 124 valence electrons. The van der Waals surface area contributed by atoms with E-state index in [1.807, 2.05) is 0 Å². The average molecular weight is 316 g/mol. The summed E-state index contributed by atoms with van der Waals surface area (Å²) in [4.78, 5) is 0. The Kier molecular flexibility index (Phi) is 4.72. The van der Waals surface area contributed by atoms with Crippen molar-refractivity contribution in [3.63, 3.8) is 0 Å². The SMILES string of the molecule is Cc1cc(C)c(B(C=C2CCC2)c2c(C)cc(C)cc2C)c(C)c1. The van der Waals surface area contributed by atoms with Crippen LogP contribution in [0.3, 0.4) is 0 Å². The number of hydrogen-bond acceptors (Lipinski definition) is 0. The lowest BCUT2D eigenvalue weighted by Crippen LogP contribution is -2.46. The lowest BCUT2D eigenvalue weighted by atomic mass is 9.37. The van der Waals surface area contributed by atoms with Crippen LogP contribution in [0.4, 0.5) is 0 Å². The Morgan fingerprint density at radius 2 is 1.04 bits per heavy atom. The fraction of sp³-hybridized carbons (Fsp3) is 0.391. The van der Waals surface area contributed by atoms with Gasteiger partial charge < -0.3 is 0 Å². The zero-order valence-corrected chi connectivity index (χ0v) is 16.1. The molecule has 1 aliphatic rings. The standard InChI is InChI=1S/C23H29B/c1-15-10-17(3)22(18(4)11-15)24(14-21-8-7-9-21)23-19(5)12-16(2)13-20(23)6/h10-14H,7-9H2,1-6H3. The smallest absolute Gasteiger partial charge is 0.106 e. The van der Waals surface area contributed by atoms with E-state index >= 15 is 0 Å². The van der Waals surface area contributed by atoms with Crippen molar-refractivity contribution >= 4 is 17.6 Å². The molecule has 0 unspecified atom stereocenters. The van der Waals surface area contributed by atoms with E-state index in [0.29, 0.717) is 6.71 Å². The van der Waals surface area contributed by atoms with Crippen molar-refractivity contribution < 1.29 is 0 Å². The van der Waals surface area contributed by atoms with Gasteiger partial charge in [-0.2, -0.15) is 0 Å². The van der Waals surface area contributed by atoms with Crippen molar-refractivity contribution in [1.29, 1.82) is 0 Å². The Morgan fingerprint density at radius 1 is 0.667 bits per heavy atom. The van der Waals surface area contributed by atoms with Gasteiger partial charge >= 0.3 is 0 Å². The van der Waals surface area contributed by atoms with Crippen LogP contribution < -0.4 is 10.9 Å². The Balaban J connectivity index is 2.23. The normalized spacial score (nSPS) is 13.7. The second-order valence-corrected chi connectivity index (χ2v) is 7.78. The van der Waals surface area contributed by atoms with Crippen LogP contribution in [-0.4, -0.2) is 6.71 Å². The number of allylic oxidation sites excluding steroid dienone is 1. The second-order valence-electron chi connectivity index (χ2n) is 7.78. The maximum Gasteiger partial charge on any atom is 0.235 e. The van der Waals surface area contributed by atoms with Crippen LogP contribution in [0.2, 0.25) is 0 Å². The summed E-state index contributed by atoms with van der Waals surface area (Å²) in [6.07, 6.45) is 3.92. The average Bonchev–Trinajstić information content (AvgIpc) is 2.39. The quantitative estimate of drug-likeness (QED) is 0.714. The zero-order chi connectivity index (χ0) is 17.4. The zero-order valence-electron chi connectivity index (χ0n) is 16.1. The molecule has 0 nitrogen and oxygen atoms in total. The summed E-state index contributed by atoms with van der Waals surface area (Å²) >= 11 is 0. The Bertz CT molecular complexity index is 701. The third kappa shape index (κ3) is 3.22. The van der Waals surface area contributed by atoms with Gasteiger partial charge in [0.1, 0.15) is 0 Å². The molecule has 0 bridgehead atoms. The highest BCUT2D eigenvalue weighted by Gasteiger charge is 2.26. The molecule has 0 radical (unpaired) electrons. The van der Waals surface area contributed by atoms with E-state index in [1.165, 1.54) is 63.6 Å². The van der Waals surface area contributed by atoms with Crippen LogP contribution in [0.5, 0.6) is 0 Å². The van der Waals surface area contributed by atoms with Crippen molar-refractivity contribution in [3.05, 3.63) is 69.2 Å². The highest BCUT2D eigenvalue weighted by Crippen LogP contribution is 2.26. The molecule has 0 aromatic heterocycles. The minimum atomic E-state index is 0.390. The molecule has 0 heterocycles. The first kappa shape index (κ1) is 17.1. The molecule has 2 aromatic carbocycles. The molecular weight excluding hydrogens is 287 g/mol. The van der Waals surface area contributed by atoms with Crippen LogP contribution in [0, 0.1) is 41.5 Å². The summed E-state index contributed by atoms with van der Waals surface area (Å²) in [7, 11) is 0. The molecule has 0 N–H and O–H groups in total. The van der Waals surface area contributed by atoms with Gasteiger partial charge in [0.05, 0.1) is 0 Å². The van der Waals surface area contributed by atoms with E-state index in [9.17, 15) is 0 Å². The second kappa shape index (κ2) is 6.63. The fourth-order valence-electron chi connectivity index (χ4n) is 4.46. The van der Waals surface area contributed by atoms with Gasteiger partial charge in [-0.1, -0.05) is 74.1 Å². The van der Waals surface area contributed by atoms with Crippen LogP contribution in [-0.2, 0) is 0 Å². The summed E-state index contributed by atoms with van der Waals surface area (Å²) in [5, 5.41) is 0. The Hall–Kier alpha value is -1.76. The molecule has 24 heavy (non-hydrogen) atoms. The first-order chi connectivity index (χ1) is 11.4. The highest BCUT2D eigenvalue weighted by molar-refractivity contribution is 6.90. The van der Waals surface area contributed by atoms with Gasteiger partial charge in [0.15, 0.2) is 0 Å². The number of hydrogen-bond donors (Lipinski definition) is 0. The third-order valence-corrected chi connectivity index (χ3v) is 5.50. The fourth-order valence-corrected chi connectivity index (χ4v) is 4.46. The molecule has 0 spiro atoms. The maximum atomic E-state index is 2.57. The number of rotatable bonds is 3. The molecule has 1 saturated carbocycles. The van der Waals surface area contributed by atoms with E-state index in [1.54, 1.807) is 5.57 Å². The Morgan fingerprint density at radius 3 is 1.33 bits per heavy atom. The van der Waals surface area contributed by atoms with Gasteiger partial charge in [0.25, 0.3) is 0 Å². The van der Waals surface area contributed by atoms with Gasteiger partial charge in [-0.05, 0) is 60.8 Å². The summed E-state index contributed by atoms with van der Waals surface area (Å²) in [5.41, 5.74) is 13.1. The van der Waals surface area contributed by atoms with E-state index in [-0.39, 0.29) is 0 Å². The monoisotopic (exact) mass is 316 g/mol. The summed E-state index contributed by atoms with van der Waals surface area (Å²) in [6.45, 7) is 13.9. The molecule has 0 atom stereocenters. The largest absolute Gasteiger partial charge is 0.235 e. The molecule has 0 amide bonds. The predicted molar refractivity (Wildman–Crippen MR) is 108 cm³/mol. The van der Waals surface area contributed by atoms with Crippen LogP contribution in [0.1, 0.15) is 52.6 Å². The minimum absolute atomic E-state index is 0.390. The third-order valence-electron chi connectivity index (χ3n) is 5.50. The molecule has 3 rings (SSSR count). The van der Waals surface area contributed by atoms with Gasteiger partial charge in [-0.25, -0.2) is 0 Å². The highest BCUT2D eigenvalue weighted by atomic mass is 14.1. The van der Waals surface area contributed by atoms with Crippen molar-refractivity contribution in [3.8, 4) is 0 Å². The first-order valence-electron chi connectivity index (χ1n) is 9.22. The van der Waals surface area contributed by atoms with Crippen LogP contribution in [0.25, 0.3) is 0 Å². The van der Waals surface area contributed by atoms with Crippen molar-refractivity contribution in [2.75, 3.05) is 0 Å². The Labute approximate surface area is 148 Å². The summed E-state index contributed by atoms with van der Waals surface area (Å²) < 4.78 is 0. The minimum Gasteiger partial charge on any atom is -0.106 e. The maximum absolute atomic E-state index is 2.57. The van der Waals surface area contributed by atoms with Gasteiger partial charge in [-0.15, -0.1) is 5.98 Å². The molecule has 1 aliphatic carbocycles. The van der Waals surface area contributed by atoms with E-state index in [2.05, 4.69) is 71.8 Å². The molecule has 0 aliphatic heterocycles. The van der Waals surface area contributed by atoms with E-state index < -0.39 is 0 Å². The van der Waals surface area contributed by atoms with Gasteiger partial charge in [0.2, 0.25) is 6.71 Å². The molecular formula is C23H29B. The summed E-state index contributed by atoms with van der Waals surface area (Å²) in [5.74, 6) is 2.57. The predicted octanol–water partition coefficient (Wildman–Crippen LogP) is 4.80. The van der Waals surface area contributed by atoms with E-state index in [4.69, 9.17) is 0 Å². The lowest BCUT2D eigenvalue weighted by molar-refractivity contribution is 0.665. The molecule has 2 aromatic rings. The molecule has 0 saturated heterocycles. The van der Waals surface area contributed by atoms with Gasteiger partial charge in [-0.3, -0.25) is 0 Å². The molecule has 1 heteroatoms. The van der Waals surface area contributed by atoms with Crippen molar-refractivity contribution in [2.24, 2.45) is 0 Å².